The molecule has 1 heterocycles. The zero-order valence-electron chi connectivity index (χ0n) is 12.5. The summed E-state index contributed by atoms with van der Waals surface area (Å²) in [5.41, 5.74) is 0.699. The smallest absolute Gasteiger partial charge is 0.405 e. The van der Waals surface area contributed by atoms with Gasteiger partial charge in [0.15, 0.2) is 5.76 Å². The Morgan fingerprint density at radius 3 is 2.38 bits per heavy atom. The molecule has 0 saturated carbocycles. The lowest BCUT2D eigenvalue weighted by molar-refractivity contribution is -0.139. The molecule has 0 aliphatic heterocycles. The normalized spacial score (nSPS) is 12.5. The lowest BCUT2D eigenvalue weighted by Gasteiger charge is -2.18. The fourth-order valence-electron chi connectivity index (χ4n) is 2.01. The van der Waals surface area contributed by atoms with E-state index in [1.807, 2.05) is 0 Å². The Labute approximate surface area is 135 Å². The van der Waals surface area contributed by atoms with Gasteiger partial charge in [0, 0.05) is 6.42 Å². The van der Waals surface area contributed by atoms with Crippen molar-refractivity contribution in [2.75, 3.05) is 6.54 Å². The third-order valence-electron chi connectivity index (χ3n) is 3.11. The summed E-state index contributed by atoms with van der Waals surface area (Å²) in [7, 11) is 0. The highest BCUT2D eigenvalue weighted by atomic mass is 19.4. The first-order valence-electron chi connectivity index (χ1n) is 7.08. The average molecular weight is 340 g/mol. The van der Waals surface area contributed by atoms with Crippen molar-refractivity contribution >= 4 is 11.8 Å². The Morgan fingerprint density at radius 1 is 1.08 bits per heavy atom. The number of nitrogens with one attached hydrogen (secondary N) is 2. The van der Waals surface area contributed by atoms with Gasteiger partial charge in [0.25, 0.3) is 5.91 Å². The van der Waals surface area contributed by atoms with Crippen LogP contribution >= 0.6 is 0 Å². The number of rotatable bonds is 6. The second kappa shape index (κ2) is 7.67. The van der Waals surface area contributed by atoms with Crippen molar-refractivity contribution < 1.29 is 27.2 Å². The number of amides is 2. The molecule has 0 fully saturated rings. The van der Waals surface area contributed by atoms with Gasteiger partial charge < -0.3 is 15.1 Å². The maximum Gasteiger partial charge on any atom is 0.405 e. The molecule has 2 aromatic rings. The molecular weight excluding hydrogens is 325 g/mol. The molecule has 0 spiro atoms. The summed E-state index contributed by atoms with van der Waals surface area (Å²) in [6, 6.07) is 10.4. The minimum atomic E-state index is -4.53. The molecule has 2 amide bonds. The monoisotopic (exact) mass is 340 g/mol. The van der Waals surface area contributed by atoms with Crippen molar-refractivity contribution in [3.05, 3.63) is 60.1 Å². The van der Waals surface area contributed by atoms with Crippen molar-refractivity contribution in [1.82, 2.24) is 10.6 Å². The summed E-state index contributed by atoms with van der Waals surface area (Å²) < 4.78 is 41.7. The van der Waals surface area contributed by atoms with Gasteiger partial charge in [-0.15, -0.1) is 0 Å². The molecule has 24 heavy (non-hydrogen) atoms. The van der Waals surface area contributed by atoms with E-state index in [1.54, 1.807) is 35.6 Å². The summed E-state index contributed by atoms with van der Waals surface area (Å²) in [5.74, 6) is -1.63. The molecule has 1 aromatic heterocycles. The van der Waals surface area contributed by atoms with Crippen LogP contribution in [-0.2, 0) is 11.2 Å². The van der Waals surface area contributed by atoms with Gasteiger partial charge in [0.2, 0.25) is 5.91 Å². The van der Waals surface area contributed by atoms with Crippen LogP contribution < -0.4 is 10.6 Å². The van der Waals surface area contributed by atoms with Crippen LogP contribution in [0.3, 0.4) is 0 Å². The maximum atomic E-state index is 12.3. The highest BCUT2D eigenvalue weighted by Gasteiger charge is 2.30. The highest BCUT2D eigenvalue weighted by molar-refractivity contribution is 5.95. The molecule has 8 heteroatoms. The van der Waals surface area contributed by atoms with E-state index in [0.29, 0.717) is 5.56 Å². The number of alkyl halides is 3. The number of furan rings is 1. The van der Waals surface area contributed by atoms with Gasteiger partial charge >= 0.3 is 6.18 Å². The maximum absolute atomic E-state index is 12.3. The zero-order chi connectivity index (χ0) is 17.6. The third kappa shape index (κ3) is 5.45. The number of halogens is 3. The zero-order valence-corrected chi connectivity index (χ0v) is 12.5. The van der Waals surface area contributed by atoms with Crippen LogP contribution in [0.25, 0.3) is 0 Å². The third-order valence-corrected chi connectivity index (χ3v) is 3.11. The van der Waals surface area contributed by atoms with Gasteiger partial charge in [-0.1, -0.05) is 30.3 Å². The molecular formula is C16H15F3N2O3. The van der Waals surface area contributed by atoms with Crippen molar-refractivity contribution in [1.29, 1.82) is 0 Å². The van der Waals surface area contributed by atoms with Crippen LogP contribution in [-0.4, -0.2) is 30.6 Å². The van der Waals surface area contributed by atoms with Gasteiger partial charge in [-0.05, 0) is 17.7 Å². The van der Waals surface area contributed by atoms with Gasteiger partial charge in [-0.2, -0.15) is 13.2 Å². The number of carbonyl (C=O) groups is 2. The molecule has 0 radical (unpaired) electrons. The van der Waals surface area contributed by atoms with E-state index in [9.17, 15) is 22.8 Å². The van der Waals surface area contributed by atoms with E-state index in [4.69, 9.17) is 4.42 Å². The molecule has 0 aliphatic rings. The molecule has 128 valence electrons. The SMILES string of the molecule is O=C(NC(Cc1ccccc1)C(=O)NCC(F)(F)F)c1ccco1. The van der Waals surface area contributed by atoms with Crippen molar-refractivity contribution in [2.24, 2.45) is 0 Å². The predicted molar refractivity (Wildman–Crippen MR) is 79.2 cm³/mol. The molecule has 2 N–H and O–H groups in total. The van der Waals surface area contributed by atoms with Crippen LogP contribution in [0.15, 0.2) is 53.1 Å². The van der Waals surface area contributed by atoms with Crippen molar-refractivity contribution in [2.45, 2.75) is 18.6 Å². The number of hydrogen-bond acceptors (Lipinski definition) is 3. The molecule has 2 rings (SSSR count). The van der Waals surface area contributed by atoms with Gasteiger partial charge in [0.05, 0.1) is 6.26 Å². The van der Waals surface area contributed by atoms with Gasteiger partial charge in [0.1, 0.15) is 12.6 Å². The Morgan fingerprint density at radius 2 is 1.79 bits per heavy atom. The first-order valence-corrected chi connectivity index (χ1v) is 7.08. The first-order chi connectivity index (χ1) is 11.3. The molecule has 1 atom stereocenters. The second-order valence-corrected chi connectivity index (χ2v) is 5.03. The number of benzene rings is 1. The molecule has 0 saturated heterocycles. The Balaban J connectivity index is 2.08. The van der Waals surface area contributed by atoms with E-state index in [0.717, 1.165) is 0 Å². The van der Waals surface area contributed by atoms with E-state index in [1.165, 1.54) is 18.4 Å². The Hall–Kier alpha value is -2.77. The highest BCUT2D eigenvalue weighted by Crippen LogP contribution is 2.13. The van der Waals surface area contributed by atoms with Crippen LogP contribution in [0, 0.1) is 0 Å². The summed E-state index contributed by atoms with van der Waals surface area (Å²) >= 11 is 0. The quantitative estimate of drug-likeness (QED) is 0.848. The topological polar surface area (TPSA) is 71.3 Å². The minimum absolute atomic E-state index is 0.0308. The lowest BCUT2D eigenvalue weighted by Crippen LogP contribution is -2.49. The van der Waals surface area contributed by atoms with E-state index < -0.39 is 30.6 Å². The fourth-order valence-corrected chi connectivity index (χ4v) is 2.01. The first kappa shape index (κ1) is 17.6. The summed E-state index contributed by atoms with van der Waals surface area (Å²) in [5, 5.41) is 4.18. The molecule has 0 bridgehead atoms. The van der Waals surface area contributed by atoms with E-state index in [2.05, 4.69) is 5.32 Å². The van der Waals surface area contributed by atoms with Crippen molar-refractivity contribution in [3.63, 3.8) is 0 Å². The van der Waals surface area contributed by atoms with E-state index >= 15 is 0 Å². The Kier molecular flexibility index (Phi) is 5.62. The van der Waals surface area contributed by atoms with Crippen molar-refractivity contribution in [3.8, 4) is 0 Å². The summed E-state index contributed by atoms with van der Waals surface area (Å²) in [6.07, 6.45) is -3.19. The largest absolute Gasteiger partial charge is 0.459 e. The summed E-state index contributed by atoms with van der Waals surface area (Å²) in [6.45, 7) is -1.46. The molecule has 0 aliphatic carbocycles. The molecule has 5 nitrogen and oxygen atoms in total. The lowest BCUT2D eigenvalue weighted by atomic mass is 10.1. The van der Waals surface area contributed by atoms with Crippen LogP contribution in [0.5, 0.6) is 0 Å². The van der Waals surface area contributed by atoms with Crippen LogP contribution in [0.1, 0.15) is 16.1 Å². The number of carbonyl (C=O) groups excluding carboxylic acids is 2. The van der Waals surface area contributed by atoms with Gasteiger partial charge in [-0.25, -0.2) is 0 Å². The standard InChI is InChI=1S/C16H15F3N2O3/c17-16(18,19)10-20-14(22)12(9-11-5-2-1-3-6-11)21-15(23)13-7-4-8-24-13/h1-8,12H,9-10H2,(H,20,22)(H,21,23). The van der Waals surface area contributed by atoms with Crippen LogP contribution in [0.4, 0.5) is 13.2 Å². The molecule has 1 unspecified atom stereocenters. The Bertz CT molecular complexity index is 670. The minimum Gasteiger partial charge on any atom is -0.459 e. The fraction of sp³-hybridized carbons (Fsp3) is 0.250. The summed E-state index contributed by atoms with van der Waals surface area (Å²) in [4.78, 5) is 24.0. The molecule has 1 aromatic carbocycles. The average Bonchev–Trinajstić information content (AvgIpc) is 3.07. The predicted octanol–water partition coefficient (Wildman–Crippen LogP) is 2.30. The van der Waals surface area contributed by atoms with Gasteiger partial charge in [-0.3, -0.25) is 9.59 Å². The number of hydrogen-bond donors (Lipinski definition) is 2. The van der Waals surface area contributed by atoms with Crippen LogP contribution in [0.2, 0.25) is 0 Å². The second-order valence-electron chi connectivity index (χ2n) is 5.03. The van der Waals surface area contributed by atoms with E-state index in [-0.39, 0.29) is 12.2 Å².